The maximum Gasteiger partial charge on any atom is 0.251 e. The fourth-order valence-electron chi connectivity index (χ4n) is 3.11. The van der Waals surface area contributed by atoms with Gasteiger partial charge >= 0.3 is 0 Å². The summed E-state index contributed by atoms with van der Waals surface area (Å²) in [6, 6.07) is 9.10. The van der Waals surface area contributed by atoms with Gasteiger partial charge in [-0.1, -0.05) is 6.92 Å². The number of nitrogens with zero attached hydrogens (tertiary/aromatic N) is 3. The lowest BCUT2D eigenvalue weighted by Crippen LogP contribution is -2.43. The second-order valence-electron chi connectivity index (χ2n) is 6.84. The molecule has 0 bridgehead atoms. The van der Waals surface area contributed by atoms with Crippen LogP contribution in [0.1, 0.15) is 30.1 Å². The van der Waals surface area contributed by atoms with Crippen LogP contribution in [0, 0.1) is 5.92 Å². The second-order valence-corrected chi connectivity index (χ2v) is 6.84. The lowest BCUT2D eigenvalue weighted by Gasteiger charge is -2.31. The highest BCUT2D eigenvalue weighted by molar-refractivity contribution is 5.94. The molecule has 1 aliphatic heterocycles. The highest BCUT2D eigenvalue weighted by Gasteiger charge is 2.18. The molecule has 1 saturated heterocycles. The van der Waals surface area contributed by atoms with Crippen LogP contribution in [-0.2, 0) is 0 Å². The van der Waals surface area contributed by atoms with Crippen LogP contribution in [0.2, 0.25) is 0 Å². The van der Waals surface area contributed by atoms with Crippen molar-refractivity contribution in [3.05, 3.63) is 48.3 Å². The minimum atomic E-state index is -0.541. The molecule has 1 atom stereocenters. The van der Waals surface area contributed by atoms with E-state index in [1.54, 1.807) is 23.0 Å². The number of likely N-dealkylation sites (tertiary alicyclic amines) is 1. The van der Waals surface area contributed by atoms with Gasteiger partial charge in [-0.05, 0) is 62.2 Å². The van der Waals surface area contributed by atoms with Gasteiger partial charge in [-0.25, -0.2) is 4.68 Å². The zero-order valence-corrected chi connectivity index (χ0v) is 14.6. The molecule has 1 aromatic carbocycles. The summed E-state index contributed by atoms with van der Waals surface area (Å²) in [5.74, 6) is 0.608. The van der Waals surface area contributed by atoms with Gasteiger partial charge in [0.25, 0.3) is 5.91 Å². The fourth-order valence-corrected chi connectivity index (χ4v) is 3.11. The molecular weight excluding hydrogens is 316 g/mol. The van der Waals surface area contributed by atoms with E-state index in [0.717, 1.165) is 24.7 Å². The maximum atomic E-state index is 12.2. The predicted octanol–water partition coefficient (Wildman–Crippen LogP) is 1.69. The smallest absolute Gasteiger partial charge is 0.251 e. The number of piperidine rings is 1. The minimum Gasteiger partial charge on any atom is -0.390 e. The summed E-state index contributed by atoms with van der Waals surface area (Å²) in [6.45, 7) is 5.21. The third kappa shape index (κ3) is 4.90. The lowest BCUT2D eigenvalue weighted by atomic mass is 9.99. The van der Waals surface area contributed by atoms with Crippen molar-refractivity contribution in [1.82, 2.24) is 20.0 Å². The number of nitrogens with one attached hydrogen (secondary N) is 1. The van der Waals surface area contributed by atoms with Gasteiger partial charge in [-0.2, -0.15) is 5.10 Å². The monoisotopic (exact) mass is 342 g/mol. The summed E-state index contributed by atoms with van der Waals surface area (Å²) >= 11 is 0. The van der Waals surface area contributed by atoms with E-state index >= 15 is 0 Å². The molecule has 1 unspecified atom stereocenters. The Bertz CT molecular complexity index is 661. The highest BCUT2D eigenvalue weighted by atomic mass is 16.3. The molecule has 6 heteroatoms. The van der Waals surface area contributed by atoms with Crippen molar-refractivity contribution in [1.29, 1.82) is 0 Å². The number of benzene rings is 1. The van der Waals surface area contributed by atoms with Crippen molar-refractivity contribution < 1.29 is 9.90 Å². The van der Waals surface area contributed by atoms with Gasteiger partial charge in [0, 0.05) is 31.0 Å². The van der Waals surface area contributed by atoms with Crippen molar-refractivity contribution in [3.8, 4) is 5.69 Å². The van der Waals surface area contributed by atoms with Gasteiger partial charge in [0.15, 0.2) is 0 Å². The first kappa shape index (κ1) is 17.6. The summed E-state index contributed by atoms with van der Waals surface area (Å²) in [7, 11) is 0. The average Bonchev–Trinajstić information content (AvgIpc) is 3.16. The molecule has 25 heavy (non-hydrogen) atoms. The van der Waals surface area contributed by atoms with Crippen LogP contribution in [0.25, 0.3) is 5.69 Å². The Kier molecular flexibility index (Phi) is 5.83. The molecule has 3 rings (SSSR count). The Morgan fingerprint density at radius 3 is 2.68 bits per heavy atom. The van der Waals surface area contributed by atoms with Gasteiger partial charge in [0.1, 0.15) is 0 Å². The number of β-amino-alcohol motifs (C(OH)–C–C–N with tert-alkyl or cyclic N) is 1. The van der Waals surface area contributed by atoms with E-state index < -0.39 is 6.10 Å². The van der Waals surface area contributed by atoms with E-state index in [1.807, 2.05) is 24.4 Å². The van der Waals surface area contributed by atoms with Crippen molar-refractivity contribution in [2.75, 3.05) is 26.2 Å². The number of rotatable bonds is 6. The Labute approximate surface area is 148 Å². The summed E-state index contributed by atoms with van der Waals surface area (Å²) < 4.78 is 1.74. The first-order valence-corrected chi connectivity index (χ1v) is 8.90. The number of carbonyl (C=O) groups is 1. The normalized spacial score (nSPS) is 17.4. The summed E-state index contributed by atoms with van der Waals surface area (Å²) in [5.41, 5.74) is 1.48. The third-order valence-electron chi connectivity index (χ3n) is 4.74. The Morgan fingerprint density at radius 2 is 2.04 bits per heavy atom. The molecular formula is C19H26N4O2. The molecule has 1 aliphatic rings. The zero-order chi connectivity index (χ0) is 17.6. The summed E-state index contributed by atoms with van der Waals surface area (Å²) in [4.78, 5) is 14.5. The van der Waals surface area contributed by atoms with Gasteiger partial charge in [-0.15, -0.1) is 0 Å². The molecule has 6 nitrogen and oxygen atoms in total. The number of aliphatic hydroxyl groups excluding tert-OH is 1. The molecule has 0 spiro atoms. The van der Waals surface area contributed by atoms with Crippen molar-refractivity contribution in [2.45, 2.75) is 25.9 Å². The molecule has 1 amide bonds. The Morgan fingerprint density at radius 1 is 1.32 bits per heavy atom. The van der Waals surface area contributed by atoms with Crippen molar-refractivity contribution in [3.63, 3.8) is 0 Å². The van der Waals surface area contributed by atoms with E-state index in [9.17, 15) is 9.90 Å². The van der Waals surface area contributed by atoms with Crippen LogP contribution >= 0.6 is 0 Å². The van der Waals surface area contributed by atoms with E-state index in [0.29, 0.717) is 12.1 Å². The summed E-state index contributed by atoms with van der Waals surface area (Å²) in [5, 5.41) is 17.1. The molecule has 2 heterocycles. The van der Waals surface area contributed by atoms with Crippen LogP contribution in [0.15, 0.2) is 42.7 Å². The maximum absolute atomic E-state index is 12.2. The molecule has 2 aromatic rings. The van der Waals surface area contributed by atoms with Crippen LogP contribution in [0.5, 0.6) is 0 Å². The zero-order valence-electron chi connectivity index (χ0n) is 14.6. The van der Waals surface area contributed by atoms with Crippen LogP contribution in [0.4, 0.5) is 0 Å². The Balaban J connectivity index is 1.45. The van der Waals surface area contributed by atoms with Crippen LogP contribution in [0.3, 0.4) is 0 Å². The van der Waals surface area contributed by atoms with Gasteiger partial charge in [0.2, 0.25) is 0 Å². The highest BCUT2D eigenvalue weighted by Crippen LogP contribution is 2.16. The predicted molar refractivity (Wildman–Crippen MR) is 96.7 cm³/mol. The molecule has 1 aromatic heterocycles. The molecule has 0 aliphatic carbocycles. The number of hydrogen-bond acceptors (Lipinski definition) is 4. The fraction of sp³-hybridized carbons (Fsp3) is 0.474. The molecule has 2 N–H and O–H groups in total. The van der Waals surface area contributed by atoms with E-state index in [2.05, 4.69) is 22.2 Å². The molecule has 0 radical (unpaired) electrons. The first-order chi connectivity index (χ1) is 12.1. The van der Waals surface area contributed by atoms with Gasteiger partial charge < -0.3 is 15.3 Å². The van der Waals surface area contributed by atoms with E-state index in [-0.39, 0.29) is 12.5 Å². The van der Waals surface area contributed by atoms with E-state index in [4.69, 9.17) is 0 Å². The SMILES string of the molecule is CC1CCN(CC(O)CNC(=O)c2ccc(-n3cccn3)cc2)CC1. The Hall–Kier alpha value is -2.18. The number of carbonyl (C=O) groups excluding carboxylic acids is 1. The minimum absolute atomic E-state index is 0.168. The van der Waals surface area contributed by atoms with Crippen LogP contribution < -0.4 is 5.32 Å². The van der Waals surface area contributed by atoms with Crippen molar-refractivity contribution in [2.24, 2.45) is 5.92 Å². The van der Waals surface area contributed by atoms with Gasteiger partial charge in [-0.3, -0.25) is 4.79 Å². The quantitative estimate of drug-likeness (QED) is 0.838. The second kappa shape index (κ2) is 8.27. The number of amides is 1. The number of aliphatic hydroxyl groups is 1. The van der Waals surface area contributed by atoms with Crippen LogP contribution in [-0.4, -0.2) is 58.0 Å². The largest absolute Gasteiger partial charge is 0.390 e. The molecule has 1 fully saturated rings. The first-order valence-electron chi connectivity index (χ1n) is 8.90. The van der Waals surface area contributed by atoms with Crippen molar-refractivity contribution >= 4 is 5.91 Å². The topological polar surface area (TPSA) is 70.4 Å². The standard InChI is InChI=1S/C19H26N4O2/c1-15-7-11-22(12-8-15)14-18(24)13-20-19(25)16-3-5-17(6-4-16)23-10-2-9-21-23/h2-6,9-10,15,18,24H,7-8,11-14H2,1H3,(H,20,25). The number of aromatic nitrogens is 2. The van der Waals surface area contributed by atoms with Gasteiger partial charge in [0.05, 0.1) is 11.8 Å². The number of hydrogen-bond donors (Lipinski definition) is 2. The van der Waals surface area contributed by atoms with E-state index in [1.165, 1.54) is 12.8 Å². The molecule has 0 saturated carbocycles. The lowest BCUT2D eigenvalue weighted by molar-refractivity contribution is 0.0795. The summed E-state index contributed by atoms with van der Waals surface area (Å²) in [6.07, 6.45) is 5.39. The molecule has 134 valence electrons. The third-order valence-corrected chi connectivity index (χ3v) is 4.74. The average molecular weight is 342 g/mol.